The highest BCUT2D eigenvalue weighted by Crippen LogP contribution is 2.25. The average molecular weight is 224 g/mol. The average Bonchev–Trinajstić information content (AvgIpc) is 2.26. The number of nitrogens with zero attached hydrogens (tertiary/aromatic N) is 2. The zero-order valence-electron chi connectivity index (χ0n) is 8.42. The summed E-state index contributed by atoms with van der Waals surface area (Å²) >= 11 is 1.56. The van der Waals surface area contributed by atoms with Gasteiger partial charge in [0.25, 0.3) is 5.69 Å². The molecule has 0 bridgehead atoms. The second-order valence-corrected chi connectivity index (χ2v) is 4.17. The van der Waals surface area contributed by atoms with E-state index in [1.165, 1.54) is 12.3 Å². The predicted molar refractivity (Wildman–Crippen MR) is 61.0 cm³/mol. The van der Waals surface area contributed by atoms with Gasteiger partial charge in [0.1, 0.15) is 6.20 Å². The number of nitro groups is 1. The molecule has 0 N–H and O–H groups in total. The monoisotopic (exact) mass is 224 g/mol. The molecule has 0 aliphatic carbocycles. The first-order chi connectivity index (χ1) is 7.17. The molecule has 0 saturated heterocycles. The molecule has 0 fully saturated rings. The van der Waals surface area contributed by atoms with Gasteiger partial charge in [0.05, 0.1) is 9.95 Å². The van der Waals surface area contributed by atoms with Crippen LogP contribution in [0.15, 0.2) is 36.0 Å². The first-order valence-corrected chi connectivity index (χ1v) is 5.45. The van der Waals surface area contributed by atoms with E-state index in [1.54, 1.807) is 17.8 Å². The highest BCUT2D eigenvalue weighted by molar-refractivity contribution is 8.00. The van der Waals surface area contributed by atoms with E-state index in [1.807, 2.05) is 6.08 Å². The van der Waals surface area contributed by atoms with Gasteiger partial charge in [0.2, 0.25) is 0 Å². The van der Waals surface area contributed by atoms with Crippen molar-refractivity contribution in [2.75, 3.05) is 0 Å². The van der Waals surface area contributed by atoms with Crippen molar-refractivity contribution in [3.63, 3.8) is 0 Å². The molecule has 1 unspecified atom stereocenters. The molecular formula is C10H12N2O2S. The minimum absolute atomic E-state index is 0.0194. The largest absolute Gasteiger partial charge is 0.287 e. The summed E-state index contributed by atoms with van der Waals surface area (Å²) in [5, 5.41) is 11.5. The number of thioether (sulfide) groups is 1. The van der Waals surface area contributed by atoms with Crippen molar-refractivity contribution in [3.05, 3.63) is 41.1 Å². The Balaban J connectivity index is 2.71. The van der Waals surface area contributed by atoms with E-state index in [4.69, 9.17) is 0 Å². The van der Waals surface area contributed by atoms with Gasteiger partial charge in [-0.05, 0) is 12.5 Å². The van der Waals surface area contributed by atoms with Crippen molar-refractivity contribution in [1.82, 2.24) is 4.98 Å². The molecule has 1 heterocycles. The predicted octanol–water partition coefficient (Wildman–Crippen LogP) is 3.05. The van der Waals surface area contributed by atoms with Crippen LogP contribution in [-0.4, -0.2) is 15.2 Å². The van der Waals surface area contributed by atoms with Gasteiger partial charge in [-0.2, -0.15) is 0 Å². The van der Waals surface area contributed by atoms with E-state index < -0.39 is 4.92 Å². The van der Waals surface area contributed by atoms with Gasteiger partial charge in [0, 0.05) is 11.3 Å². The summed E-state index contributed by atoms with van der Waals surface area (Å²) in [6.07, 6.45) is 4.10. The number of aromatic nitrogens is 1. The highest BCUT2D eigenvalue weighted by Gasteiger charge is 2.08. The van der Waals surface area contributed by atoms with Gasteiger partial charge in [-0.15, -0.1) is 6.58 Å². The van der Waals surface area contributed by atoms with Gasteiger partial charge in [-0.3, -0.25) is 10.1 Å². The quantitative estimate of drug-likeness (QED) is 0.334. The molecule has 1 aromatic heterocycles. The number of hydrogen-bond acceptors (Lipinski definition) is 4. The van der Waals surface area contributed by atoms with E-state index in [-0.39, 0.29) is 5.69 Å². The van der Waals surface area contributed by atoms with Crippen LogP contribution in [0.3, 0.4) is 0 Å². The van der Waals surface area contributed by atoms with Crippen LogP contribution in [0.1, 0.15) is 13.3 Å². The van der Waals surface area contributed by atoms with Gasteiger partial charge in [-0.25, -0.2) is 4.98 Å². The molecule has 5 heteroatoms. The minimum atomic E-state index is -0.452. The Hall–Kier alpha value is -1.36. The summed E-state index contributed by atoms with van der Waals surface area (Å²) in [5.74, 6) is 0. The summed E-state index contributed by atoms with van der Waals surface area (Å²) in [5.41, 5.74) is 0.0194. The fourth-order valence-corrected chi connectivity index (χ4v) is 1.84. The number of hydrogen-bond donors (Lipinski definition) is 0. The molecule has 1 rings (SSSR count). The van der Waals surface area contributed by atoms with E-state index in [2.05, 4.69) is 18.5 Å². The Kier molecular flexibility index (Phi) is 4.30. The molecule has 0 aliphatic rings. The first kappa shape index (κ1) is 11.7. The van der Waals surface area contributed by atoms with Crippen molar-refractivity contribution in [2.45, 2.75) is 23.6 Å². The Morgan fingerprint density at radius 2 is 2.47 bits per heavy atom. The summed E-state index contributed by atoms with van der Waals surface area (Å²) < 4.78 is 0. The zero-order valence-corrected chi connectivity index (χ0v) is 9.24. The molecule has 0 aromatic carbocycles. The van der Waals surface area contributed by atoms with E-state index in [0.717, 1.165) is 11.4 Å². The lowest BCUT2D eigenvalue weighted by molar-refractivity contribution is -0.385. The third kappa shape index (κ3) is 3.36. The van der Waals surface area contributed by atoms with E-state index >= 15 is 0 Å². The fraction of sp³-hybridized carbons (Fsp3) is 0.300. The van der Waals surface area contributed by atoms with E-state index in [0.29, 0.717) is 5.25 Å². The van der Waals surface area contributed by atoms with E-state index in [9.17, 15) is 10.1 Å². The van der Waals surface area contributed by atoms with Crippen molar-refractivity contribution < 1.29 is 4.92 Å². The lowest BCUT2D eigenvalue weighted by Crippen LogP contribution is -1.96. The summed E-state index contributed by atoms with van der Waals surface area (Å²) in [7, 11) is 0. The van der Waals surface area contributed by atoms with Crippen molar-refractivity contribution in [3.8, 4) is 0 Å². The summed E-state index contributed by atoms with van der Waals surface area (Å²) in [6.45, 7) is 5.78. The summed E-state index contributed by atoms with van der Waals surface area (Å²) in [4.78, 5) is 13.9. The topological polar surface area (TPSA) is 56.0 Å². The number of pyridine rings is 1. The molecule has 1 atom stereocenters. The normalized spacial score (nSPS) is 12.1. The fourth-order valence-electron chi connectivity index (χ4n) is 1.00. The van der Waals surface area contributed by atoms with Crippen LogP contribution in [0.2, 0.25) is 0 Å². The highest BCUT2D eigenvalue weighted by atomic mass is 32.2. The maximum absolute atomic E-state index is 10.4. The molecule has 4 nitrogen and oxygen atoms in total. The van der Waals surface area contributed by atoms with Gasteiger partial charge < -0.3 is 0 Å². The standard InChI is InChI=1S/C10H12N2O2S/c1-3-9(4-2)15-10-6-5-8(7-11-10)12(13)14/h3,5-7,9H,1,4H2,2H3. The second-order valence-electron chi connectivity index (χ2n) is 2.91. The van der Waals surface area contributed by atoms with Crippen LogP contribution in [0.25, 0.3) is 0 Å². The van der Waals surface area contributed by atoms with Crippen molar-refractivity contribution in [1.29, 1.82) is 0 Å². The maximum atomic E-state index is 10.4. The molecule has 0 aliphatic heterocycles. The lowest BCUT2D eigenvalue weighted by atomic mass is 10.3. The molecule has 1 aromatic rings. The third-order valence-corrected chi connectivity index (χ3v) is 3.18. The Morgan fingerprint density at radius 3 is 2.87 bits per heavy atom. The van der Waals surface area contributed by atoms with Crippen LogP contribution < -0.4 is 0 Å². The molecular weight excluding hydrogens is 212 g/mol. The number of rotatable bonds is 5. The minimum Gasteiger partial charge on any atom is -0.258 e. The molecule has 80 valence electrons. The van der Waals surface area contributed by atoms with Crippen LogP contribution in [0.5, 0.6) is 0 Å². The molecule has 0 amide bonds. The van der Waals surface area contributed by atoms with Crippen LogP contribution in [-0.2, 0) is 0 Å². The zero-order chi connectivity index (χ0) is 11.3. The Bertz CT molecular complexity index is 351. The lowest BCUT2D eigenvalue weighted by Gasteiger charge is -2.07. The van der Waals surface area contributed by atoms with Gasteiger partial charge >= 0.3 is 0 Å². The van der Waals surface area contributed by atoms with Crippen molar-refractivity contribution >= 4 is 17.4 Å². The Morgan fingerprint density at radius 1 is 1.73 bits per heavy atom. The van der Waals surface area contributed by atoms with Crippen molar-refractivity contribution in [2.24, 2.45) is 0 Å². The third-order valence-electron chi connectivity index (χ3n) is 1.87. The molecule has 0 spiro atoms. The maximum Gasteiger partial charge on any atom is 0.287 e. The smallest absolute Gasteiger partial charge is 0.258 e. The SMILES string of the molecule is C=CC(CC)Sc1ccc([N+](=O)[O-])cn1. The van der Waals surface area contributed by atoms with Gasteiger partial charge in [-0.1, -0.05) is 24.8 Å². The Labute approximate surface area is 92.6 Å². The first-order valence-electron chi connectivity index (χ1n) is 4.57. The molecule has 0 radical (unpaired) electrons. The van der Waals surface area contributed by atoms with Crippen LogP contribution in [0.4, 0.5) is 5.69 Å². The molecule has 0 saturated carbocycles. The summed E-state index contributed by atoms with van der Waals surface area (Å²) in [6, 6.07) is 3.13. The van der Waals surface area contributed by atoms with Crippen LogP contribution >= 0.6 is 11.8 Å². The molecule has 15 heavy (non-hydrogen) atoms. The second kappa shape index (κ2) is 5.50. The van der Waals surface area contributed by atoms with Crippen LogP contribution in [0, 0.1) is 10.1 Å². The van der Waals surface area contributed by atoms with Gasteiger partial charge in [0.15, 0.2) is 0 Å².